The van der Waals surface area contributed by atoms with Crippen molar-refractivity contribution in [3.63, 3.8) is 0 Å². The van der Waals surface area contributed by atoms with Crippen LogP contribution in [0.2, 0.25) is 0 Å². The van der Waals surface area contributed by atoms with Crippen molar-refractivity contribution in [1.29, 1.82) is 0 Å². The van der Waals surface area contributed by atoms with Crippen LogP contribution in [0.1, 0.15) is 37.7 Å². The average molecular weight is 306 g/mol. The molecule has 1 N–H and O–H groups in total. The van der Waals surface area contributed by atoms with E-state index in [1.165, 1.54) is 19.3 Å². The summed E-state index contributed by atoms with van der Waals surface area (Å²) in [7, 11) is 5.04. The Balaban J connectivity index is 1.92. The zero-order valence-electron chi connectivity index (χ0n) is 13.7. The maximum Gasteiger partial charge on any atom is 0.317 e. The normalized spacial score (nSPS) is 15.2. The van der Waals surface area contributed by atoms with E-state index in [4.69, 9.17) is 9.47 Å². The number of carbonyl (C=O) groups excluding carboxylic acids is 1. The van der Waals surface area contributed by atoms with Gasteiger partial charge in [-0.25, -0.2) is 4.79 Å². The van der Waals surface area contributed by atoms with E-state index in [0.717, 1.165) is 18.4 Å². The smallest absolute Gasteiger partial charge is 0.317 e. The van der Waals surface area contributed by atoms with E-state index in [9.17, 15) is 4.79 Å². The van der Waals surface area contributed by atoms with Crippen molar-refractivity contribution in [1.82, 2.24) is 10.2 Å². The number of carbonyl (C=O) groups is 1. The summed E-state index contributed by atoms with van der Waals surface area (Å²) in [6, 6.07) is 6.03. The van der Waals surface area contributed by atoms with Crippen LogP contribution in [0.5, 0.6) is 11.5 Å². The lowest BCUT2D eigenvalue weighted by Gasteiger charge is -2.26. The summed E-state index contributed by atoms with van der Waals surface area (Å²) in [5, 5.41) is 3.12. The number of nitrogens with zero attached hydrogens (tertiary/aromatic N) is 1. The molecule has 0 spiro atoms. The molecule has 5 heteroatoms. The highest BCUT2D eigenvalue weighted by atomic mass is 16.5. The number of benzene rings is 1. The van der Waals surface area contributed by atoms with E-state index in [2.05, 4.69) is 5.32 Å². The molecule has 0 saturated heterocycles. The van der Waals surface area contributed by atoms with Crippen LogP contribution in [0.25, 0.3) is 0 Å². The summed E-state index contributed by atoms with van der Waals surface area (Å²) in [6.45, 7) is 0.541. The molecule has 0 unspecified atom stereocenters. The molecular formula is C17H26N2O3. The minimum atomic E-state index is -0.0123. The Morgan fingerprint density at radius 2 is 1.86 bits per heavy atom. The van der Waals surface area contributed by atoms with E-state index in [0.29, 0.717) is 24.1 Å². The third-order valence-corrected chi connectivity index (χ3v) is 4.15. The number of nitrogens with one attached hydrogen (secondary N) is 1. The molecule has 1 aliphatic rings. The van der Waals surface area contributed by atoms with Crippen LogP contribution in [0, 0.1) is 0 Å². The first-order valence-corrected chi connectivity index (χ1v) is 7.86. The number of rotatable bonds is 5. The summed E-state index contributed by atoms with van der Waals surface area (Å²) in [6.07, 6.45) is 5.90. The Bertz CT molecular complexity index is 499. The van der Waals surface area contributed by atoms with Crippen LogP contribution < -0.4 is 14.8 Å². The second-order valence-corrected chi connectivity index (χ2v) is 5.83. The summed E-state index contributed by atoms with van der Waals surface area (Å²) < 4.78 is 10.5. The largest absolute Gasteiger partial charge is 0.493 e. The quantitative estimate of drug-likeness (QED) is 0.909. The van der Waals surface area contributed by atoms with Gasteiger partial charge in [0.1, 0.15) is 0 Å². The van der Waals surface area contributed by atoms with Gasteiger partial charge in [-0.05, 0) is 30.5 Å². The molecule has 1 fully saturated rings. The van der Waals surface area contributed by atoms with E-state index in [1.807, 2.05) is 25.2 Å². The summed E-state index contributed by atoms with van der Waals surface area (Å²) in [5.41, 5.74) is 1.01. The van der Waals surface area contributed by atoms with Crippen LogP contribution in [-0.4, -0.2) is 38.2 Å². The van der Waals surface area contributed by atoms with E-state index >= 15 is 0 Å². The molecule has 1 aromatic rings. The van der Waals surface area contributed by atoms with Crippen LogP contribution in [-0.2, 0) is 6.54 Å². The molecule has 122 valence electrons. The van der Waals surface area contributed by atoms with Gasteiger partial charge in [0.25, 0.3) is 0 Å². The highest BCUT2D eigenvalue weighted by molar-refractivity contribution is 5.74. The van der Waals surface area contributed by atoms with Gasteiger partial charge in [-0.1, -0.05) is 25.3 Å². The van der Waals surface area contributed by atoms with Crippen LogP contribution >= 0.6 is 0 Å². The third kappa shape index (κ3) is 4.29. The Hall–Kier alpha value is -1.91. The van der Waals surface area contributed by atoms with Gasteiger partial charge in [-0.2, -0.15) is 0 Å². The van der Waals surface area contributed by atoms with Crippen molar-refractivity contribution in [2.75, 3.05) is 21.3 Å². The SMILES string of the molecule is COc1ccc(CN(C)C(=O)NC2CCCCC2)cc1OC. The van der Waals surface area contributed by atoms with Gasteiger partial charge in [0.05, 0.1) is 14.2 Å². The van der Waals surface area contributed by atoms with E-state index in [-0.39, 0.29) is 6.03 Å². The minimum absolute atomic E-state index is 0.0123. The summed E-state index contributed by atoms with van der Waals surface area (Å²) >= 11 is 0. The molecule has 5 nitrogen and oxygen atoms in total. The zero-order valence-corrected chi connectivity index (χ0v) is 13.7. The molecule has 1 aliphatic carbocycles. The van der Waals surface area contributed by atoms with Crippen molar-refractivity contribution >= 4 is 6.03 Å². The first-order valence-electron chi connectivity index (χ1n) is 7.86. The number of hydrogen-bond acceptors (Lipinski definition) is 3. The lowest BCUT2D eigenvalue weighted by molar-refractivity contribution is 0.198. The monoisotopic (exact) mass is 306 g/mol. The molecule has 0 radical (unpaired) electrons. The second kappa shape index (κ2) is 7.92. The highest BCUT2D eigenvalue weighted by Crippen LogP contribution is 2.28. The lowest BCUT2D eigenvalue weighted by atomic mass is 9.96. The van der Waals surface area contributed by atoms with Gasteiger partial charge < -0.3 is 19.7 Å². The third-order valence-electron chi connectivity index (χ3n) is 4.15. The average Bonchev–Trinajstić information content (AvgIpc) is 2.55. The lowest BCUT2D eigenvalue weighted by Crippen LogP contribution is -2.43. The van der Waals surface area contributed by atoms with Gasteiger partial charge in [-0.15, -0.1) is 0 Å². The molecule has 0 bridgehead atoms. The number of urea groups is 1. The standard InChI is InChI=1S/C17H26N2O3/c1-19(17(20)18-14-7-5-4-6-8-14)12-13-9-10-15(21-2)16(11-13)22-3/h9-11,14H,4-8,12H2,1-3H3,(H,18,20). The molecular weight excluding hydrogens is 280 g/mol. The second-order valence-electron chi connectivity index (χ2n) is 5.83. The fourth-order valence-corrected chi connectivity index (χ4v) is 2.86. The van der Waals surface area contributed by atoms with Gasteiger partial charge >= 0.3 is 6.03 Å². The molecule has 2 amide bonds. The summed E-state index contributed by atoms with van der Waals surface area (Å²) in [4.78, 5) is 14.0. The van der Waals surface area contributed by atoms with Gasteiger partial charge in [0.2, 0.25) is 0 Å². The zero-order chi connectivity index (χ0) is 15.9. The molecule has 0 heterocycles. The van der Waals surface area contributed by atoms with Gasteiger partial charge in [0, 0.05) is 19.6 Å². The molecule has 22 heavy (non-hydrogen) atoms. The molecule has 1 aromatic carbocycles. The highest BCUT2D eigenvalue weighted by Gasteiger charge is 2.18. The van der Waals surface area contributed by atoms with Crippen molar-refractivity contribution in [2.24, 2.45) is 0 Å². The minimum Gasteiger partial charge on any atom is -0.493 e. The maximum absolute atomic E-state index is 12.3. The van der Waals surface area contributed by atoms with Gasteiger partial charge in [0.15, 0.2) is 11.5 Å². The predicted octanol–water partition coefficient (Wildman–Crippen LogP) is 3.18. The number of ether oxygens (including phenoxy) is 2. The Kier molecular flexibility index (Phi) is 5.92. The molecule has 0 aromatic heterocycles. The maximum atomic E-state index is 12.3. The van der Waals surface area contributed by atoms with Crippen molar-refractivity contribution in [3.05, 3.63) is 23.8 Å². The van der Waals surface area contributed by atoms with E-state index in [1.54, 1.807) is 19.1 Å². The molecule has 0 aliphatic heterocycles. The Morgan fingerprint density at radius 3 is 2.50 bits per heavy atom. The van der Waals surface area contributed by atoms with Crippen molar-refractivity contribution < 1.29 is 14.3 Å². The van der Waals surface area contributed by atoms with Crippen LogP contribution in [0.4, 0.5) is 4.79 Å². The van der Waals surface area contributed by atoms with Crippen molar-refractivity contribution in [2.45, 2.75) is 44.7 Å². The first kappa shape index (κ1) is 16.5. The summed E-state index contributed by atoms with van der Waals surface area (Å²) in [5.74, 6) is 1.38. The molecule has 0 atom stereocenters. The number of methoxy groups -OCH3 is 2. The van der Waals surface area contributed by atoms with E-state index < -0.39 is 0 Å². The van der Waals surface area contributed by atoms with Crippen LogP contribution in [0.3, 0.4) is 0 Å². The molecule has 1 saturated carbocycles. The topological polar surface area (TPSA) is 50.8 Å². The number of amides is 2. The Labute approximate surface area is 132 Å². The number of hydrogen-bond donors (Lipinski definition) is 1. The predicted molar refractivity (Wildman–Crippen MR) is 86.4 cm³/mol. The Morgan fingerprint density at radius 1 is 1.18 bits per heavy atom. The fraction of sp³-hybridized carbons (Fsp3) is 0.588. The van der Waals surface area contributed by atoms with Crippen molar-refractivity contribution in [3.8, 4) is 11.5 Å². The molecule has 2 rings (SSSR count). The first-order chi connectivity index (χ1) is 10.6. The van der Waals surface area contributed by atoms with Crippen LogP contribution in [0.15, 0.2) is 18.2 Å². The fourth-order valence-electron chi connectivity index (χ4n) is 2.86. The van der Waals surface area contributed by atoms with Gasteiger partial charge in [-0.3, -0.25) is 0 Å².